The molecule has 3 atom stereocenters. The van der Waals surface area contributed by atoms with Crippen LogP contribution in [0.2, 0.25) is 5.02 Å². The molecule has 3 aliphatic rings. The summed E-state index contributed by atoms with van der Waals surface area (Å²) in [4.78, 5) is 43.3. The van der Waals surface area contributed by atoms with Gasteiger partial charge in [0, 0.05) is 12.2 Å². The van der Waals surface area contributed by atoms with E-state index in [0.717, 1.165) is 17.0 Å². The van der Waals surface area contributed by atoms with E-state index in [1.807, 2.05) is 6.07 Å². The summed E-state index contributed by atoms with van der Waals surface area (Å²) in [6.45, 7) is 1.75. The first-order valence-corrected chi connectivity index (χ1v) is 11.0. The molecule has 0 radical (unpaired) electrons. The van der Waals surface area contributed by atoms with E-state index in [-0.39, 0.29) is 28.5 Å². The standard InChI is InChI=1S/C23H17ClF3N5O3/c1-11-16(6-5-12(9-28)18(11)24)32-20(33)19-17-8-15(31(19)22(32)35)10-30(17)21(34)29-14-4-2-3-13(7-14)23(25,26)27/h2-7,15,17,19H,8,10H2,1H3,(H,29,34)/t15-,17?,19?/m1/s1. The third-order valence-corrected chi connectivity index (χ3v) is 7.17. The number of fused-ring (bicyclic) bond motifs is 5. The Bertz CT molecular complexity index is 1320. The van der Waals surface area contributed by atoms with Crippen molar-refractivity contribution in [2.75, 3.05) is 16.8 Å². The van der Waals surface area contributed by atoms with E-state index in [2.05, 4.69) is 5.32 Å². The molecule has 3 saturated heterocycles. The number of carbonyl (C=O) groups is 3. The van der Waals surface area contributed by atoms with Crippen LogP contribution in [0.3, 0.4) is 0 Å². The van der Waals surface area contributed by atoms with Crippen LogP contribution in [0.1, 0.15) is 23.1 Å². The number of anilines is 2. The highest BCUT2D eigenvalue weighted by molar-refractivity contribution is 6.33. The number of amides is 5. The summed E-state index contributed by atoms with van der Waals surface area (Å²) in [6, 6.07) is 6.01. The highest BCUT2D eigenvalue weighted by Gasteiger charge is 2.63. The first-order valence-electron chi connectivity index (χ1n) is 10.6. The van der Waals surface area contributed by atoms with E-state index >= 15 is 0 Å². The molecule has 180 valence electrons. The Morgan fingerprint density at radius 2 is 1.97 bits per heavy atom. The molecule has 0 spiro atoms. The van der Waals surface area contributed by atoms with Crippen LogP contribution in [0.25, 0.3) is 0 Å². The second-order valence-electron chi connectivity index (χ2n) is 8.61. The average molecular weight is 504 g/mol. The lowest BCUT2D eigenvalue weighted by atomic mass is 10.1. The van der Waals surface area contributed by atoms with Gasteiger partial charge in [0.1, 0.15) is 12.1 Å². The van der Waals surface area contributed by atoms with Crippen LogP contribution in [-0.4, -0.2) is 52.4 Å². The van der Waals surface area contributed by atoms with Crippen molar-refractivity contribution in [3.63, 3.8) is 0 Å². The molecule has 3 heterocycles. The van der Waals surface area contributed by atoms with Gasteiger partial charge in [-0.1, -0.05) is 17.7 Å². The Labute approximate surface area is 202 Å². The minimum Gasteiger partial charge on any atom is -0.317 e. The van der Waals surface area contributed by atoms with Crippen LogP contribution < -0.4 is 10.2 Å². The van der Waals surface area contributed by atoms with Crippen LogP contribution in [0.4, 0.5) is 34.1 Å². The molecule has 5 rings (SSSR count). The lowest BCUT2D eigenvalue weighted by Gasteiger charge is -2.34. The van der Waals surface area contributed by atoms with E-state index in [0.29, 0.717) is 12.0 Å². The number of benzene rings is 2. The predicted octanol–water partition coefficient (Wildman–Crippen LogP) is 4.36. The third-order valence-electron chi connectivity index (χ3n) is 6.69. The molecule has 35 heavy (non-hydrogen) atoms. The van der Waals surface area contributed by atoms with Crippen LogP contribution in [-0.2, 0) is 11.0 Å². The average Bonchev–Trinajstić information content (AvgIpc) is 3.47. The molecule has 3 aliphatic heterocycles. The minimum atomic E-state index is -4.56. The first-order chi connectivity index (χ1) is 16.5. The molecule has 1 N–H and O–H groups in total. The van der Waals surface area contributed by atoms with E-state index in [1.165, 1.54) is 34.1 Å². The van der Waals surface area contributed by atoms with Gasteiger partial charge in [0.2, 0.25) is 0 Å². The highest BCUT2D eigenvalue weighted by atomic mass is 35.5. The van der Waals surface area contributed by atoms with E-state index in [1.54, 1.807) is 6.92 Å². The maximum absolute atomic E-state index is 13.4. The Morgan fingerprint density at radius 1 is 1.23 bits per heavy atom. The third kappa shape index (κ3) is 3.47. The SMILES string of the molecule is Cc1c(N2C(=O)C3C4C[C@H](CN4C(=O)Nc4cccc(C(F)(F)F)c4)N3C2=O)ccc(C#N)c1Cl. The molecule has 2 bridgehead atoms. The zero-order chi connectivity index (χ0) is 25.2. The molecule has 2 aromatic rings. The van der Waals surface area contributed by atoms with E-state index in [4.69, 9.17) is 16.9 Å². The number of nitriles is 1. The lowest BCUT2D eigenvalue weighted by Crippen LogP contribution is -2.55. The summed E-state index contributed by atoms with van der Waals surface area (Å²) < 4.78 is 39.0. The van der Waals surface area contributed by atoms with E-state index in [9.17, 15) is 27.6 Å². The molecule has 8 nitrogen and oxygen atoms in total. The summed E-state index contributed by atoms with van der Waals surface area (Å²) in [5, 5.41) is 11.8. The second-order valence-corrected chi connectivity index (χ2v) is 8.99. The first kappa shape index (κ1) is 23.0. The summed E-state index contributed by atoms with van der Waals surface area (Å²) in [6.07, 6.45) is -4.17. The fraction of sp³-hybridized carbons (Fsp3) is 0.304. The maximum Gasteiger partial charge on any atom is 0.416 e. The molecule has 0 aliphatic carbocycles. The number of rotatable bonds is 2. The normalized spacial score (nSPS) is 23.1. The second kappa shape index (κ2) is 7.88. The van der Waals surface area contributed by atoms with Gasteiger partial charge in [0.25, 0.3) is 5.91 Å². The fourth-order valence-electron chi connectivity index (χ4n) is 5.08. The largest absolute Gasteiger partial charge is 0.416 e. The molecule has 5 amide bonds. The van der Waals surface area contributed by atoms with Crippen molar-refractivity contribution < 1.29 is 27.6 Å². The van der Waals surface area contributed by atoms with Crippen molar-refractivity contribution in [1.29, 1.82) is 5.26 Å². The zero-order valence-corrected chi connectivity index (χ0v) is 18.9. The lowest BCUT2D eigenvalue weighted by molar-refractivity contribution is -0.137. The number of urea groups is 2. The van der Waals surface area contributed by atoms with Gasteiger partial charge in [-0.25, -0.2) is 14.5 Å². The zero-order valence-electron chi connectivity index (χ0n) is 18.1. The van der Waals surface area contributed by atoms with Crippen molar-refractivity contribution in [2.24, 2.45) is 0 Å². The Balaban J connectivity index is 1.38. The van der Waals surface area contributed by atoms with Crippen molar-refractivity contribution in [2.45, 2.75) is 37.6 Å². The summed E-state index contributed by atoms with van der Waals surface area (Å²) in [7, 11) is 0. The van der Waals surface area contributed by atoms with Crippen molar-refractivity contribution >= 4 is 40.9 Å². The van der Waals surface area contributed by atoms with Gasteiger partial charge in [-0.2, -0.15) is 18.4 Å². The van der Waals surface area contributed by atoms with Crippen molar-refractivity contribution in [1.82, 2.24) is 9.80 Å². The monoisotopic (exact) mass is 503 g/mol. The van der Waals surface area contributed by atoms with Crippen molar-refractivity contribution in [3.05, 3.63) is 58.1 Å². The van der Waals surface area contributed by atoms with Gasteiger partial charge < -0.3 is 15.1 Å². The topological polar surface area (TPSA) is 96.8 Å². The number of halogens is 4. The number of hydrogen-bond donors (Lipinski definition) is 1. The van der Waals surface area contributed by atoms with Gasteiger partial charge in [-0.3, -0.25) is 4.79 Å². The molecule has 0 aromatic heterocycles. The molecule has 2 unspecified atom stereocenters. The summed E-state index contributed by atoms with van der Waals surface area (Å²) in [5.41, 5.74) is -0.0429. The number of likely N-dealkylation sites (tertiary alicyclic amines) is 1. The summed E-state index contributed by atoms with van der Waals surface area (Å²) >= 11 is 6.23. The fourth-order valence-corrected chi connectivity index (χ4v) is 5.29. The molecule has 3 fully saturated rings. The number of alkyl halides is 3. The highest BCUT2D eigenvalue weighted by Crippen LogP contribution is 2.44. The molecule has 2 aromatic carbocycles. The van der Waals surface area contributed by atoms with Gasteiger partial charge in [0.15, 0.2) is 0 Å². The van der Waals surface area contributed by atoms with E-state index < -0.39 is 47.8 Å². The minimum absolute atomic E-state index is 0.0252. The Hall–Kier alpha value is -3.78. The van der Waals surface area contributed by atoms with Crippen LogP contribution in [0.15, 0.2) is 36.4 Å². The van der Waals surface area contributed by atoms with Crippen LogP contribution >= 0.6 is 11.6 Å². The number of hydrogen-bond acceptors (Lipinski definition) is 4. The molecular formula is C23H17ClF3N5O3. The van der Waals surface area contributed by atoms with Crippen LogP contribution in [0, 0.1) is 18.3 Å². The smallest absolute Gasteiger partial charge is 0.317 e. The number of piperazine rings is 1. The quantitative estimate of drug-likeness (QED) is 0.616. The van der Waals surface area contributed by atoms with Crippen LogP contribution in [0.5, 0.6) is 0 Å². The van der Waals surface area contributed by atoms with Gasteiger partial charge in [-0.15, -0.1) is 0 Å². The Morgan fingerprint density at radius 3 is 2.66 bits per heavy atom. The van der Waals surface area contributed by atoms with Crippen molar-refractivity contribution in [3.8, 4) is 6.07 Å². The Kier molecular flexibility index (Phi) is 5.18. The van der Waals surface area contributed by atoms with Gasteiger partial charge >= 0.3 is 18.2 Å². The summed E-state index contributed by atoms with van der Waals surface area (Å²) in [5.74, 6) is -0.525. The molecule has 0 saturated carbocycles. The number of nitrogens with one attached hydrogen (secondary N) is 1. The van der Waals surface area contributed by atoms with Gasteiger partial charge in [0.05, 0.1) is 33.9 Å². The maximum atomic E-state index is 13.4. The number of nitrogens with zero attached hydrogens (tertiary/aromatic N) is 4. The predicted molar refractivity (Wildman–Crippen MR) is 119 cm³/mol. The van der Waals surface area contributed by atoms with Gasteiger partial charge in [-0.05, 0) is 49.2 Å². The number of carbonyl (C=O) groups excluding carboxylic acids is 3. The molecular weight excluding hydrogens is 487 g/mol. The number of imide groups is 1. The molecule has 12 heteroatoms.